The molecule has 6 heteroatoms. The van der Waals surface area contributed by atoms with Gasteiger partial charge in [-0.25, -0.2) is 0 Å². The second-order valence-corrected chi connectivity index (χ2v) is 7.63. The van der Waals surface area contributed by atoms with E-state index in [1.54, 1.807) is 0 Å². The van der Waals surface area contributed by atoms with E-state index in [4.69, 9.17) is 0 Å². The third kappa shape index (κ3) is 5.22. The standard InChI is InChI=1S/C12H27N3O2S/c1-5-15(10-11-8-6-7-9-13-11)18(16,17)14-12(2,3)4/h11,13-14H,5-10H2,1-4H3. The van der Waals surface area contributed by atoms with Gasteiger partial charge in [-0.3, -0.25) is 0 Å². The van der Waals surface area contributed by atoms with Crippen LogP contribution in [0.4, 0.5) is 0 Å². The number of piperidine rings is 1. The highest BCUT2D eigenvalue weighted by Gasteiger charge is 2.28. The molecule has 0 aromatic carbocycles. The van der Waals surface area contributed by atoms with Crippen LogP contribution in [0.5, 0.6) is 0 Å². The molecule has 0 aromatic rings. The smallest absolute Gasteiger partial charge is 0.279 e. The summed E-state index contributed by atoms with van der Waals surface area (Å²) in [7, 11) is -3.39. The molecule has 0 bridgehead atoms. The molecule has 0 spiro atoms. The largest absolute Gasteiger partial charge is 0.313 e. The van der Waals surface area contributed by atoms with Gasteiger partial charge in [-0.05, 0) is 40.2 Å². The first-order chi connectivity index (χ1) is 8.24. The number of hydrogen-bond acceptors (Lipinski definition) is 3. The average molecular weight is 277 g/mol. The molecule has 1 fully saturated rings. The van der Waals surface area contributed by atoms with Crippen molar-refractivity contribution in [2.75, 3.05) is 19.6 Å². The van der Waals surface area contributed by atoms with Crippen LogP contribution in [0.2, 0.25) is 0 Å². The Hall–Kier alpha value is -0.170. The van der Waals surface area contributed by atoms with Gasteiger partial charge in [-0.2, -0.15) is 17.4 Å². The lowest BCUT2D eigenvalue weighted by molar-refractivity contribution is 0.312. The van der Waals surface area contributed by atoms with E-state index >= 15 is 0 Å². The zero-order valence-corrected chi connectivity index (χ0v) is 12.8. The summed E-state index contributed by atoms with van der Waals surface area (Å²) in [6.07, 6.45) is 3.43. The first-order valence-corrected chi connectivity index (χ1v) is 8.21. The topological polar surface area (TPSA) is 61.4 Å². The molecule has 1 rings (SSSR count). The molecular weight excluding hydrogens is 250 g/mol. The Morgan fingerprint density at radius 3 is 2.44 bits per heavy atom. The van der Waals surface area contributed by atoms with Crippen LogP contribution in [0, 0.1) is 0 Å². The SMILES string of the molecule is CCN(CC1CCCCN1)S(=O)(=O)NC(C)(C)C. The molecule has 0 aromatic heterocycles. The Morgan fingerprint density at radius 2 is 2.00 bits per heavy atom. The number of nitrogens with one attached hydrogen (secondary N) is 2. The van der Waals surface area contributed by atoms with E-state index in [-0.39, 0.29) is 6.04 Å². The van der Waals surface area contributed by atoms with Crippen molar-refractivity contribution in [3.05, 3.63) is 0 Å². The van der Waals surface area contributed by atoms with Gasteiger partial charge >= 0.3 is 0 Å². The van der Waals surface area contributed by atoms with Crippen LogP contribution in [0.25, 0.3) is 0 Å². The number of nitrogens with zero attached hydrogens (tertiary/aromatic N) is 1. The molecule has 1 aliphatic rings. The van der Waals surface area contributed by atoms with Gasteiger partial charge in [-0.1, -0.05) is 13.3 Å². The van der Waals surface area contributed by atoms with Crippen LogP contribution in [-0.4, -0.2) is 43.9 Å². The molecule has 5 nitrogen and oxygen atoms in total. The molecule has 0 amide bonds. The van der Waals surface area contributed by atoms with Crippen molar-refractivity contribution in [3.8, 4) is 0 Å². The Bertz CT molecular complexity index is 343. The molecule has 108 valence electrons. The van der Waals surface area contributed by atoms with E-state index in [9.17, 15) is 8.42 Å². The van der Waals surface area contributed by atoms with Gasteiger partial charge in [0, 0.05) is 24.7 Å². The number of likely N-dealkylation sites (N-methyl/N-ethyl adjacent to an activating group) is 1. The van der Waals surface area contributed by atoms with Crippen LogP contribution in [-0.2, 0) is 10.2 Å². The van der Waals surface area contributed by atoms with Gasteiger partial charge in [0.2, 0.25) is 0 Å². The molecule has 1 unspecified atom stereocenters. The molecule has 1 saturated heterocycles. The summed E-state index contributed by atoms with van der Waals surface area (Å²) in [6, 6.07) is 0.287. The fourth-order valence-electron chi connectivity index (χ4n) is 2.17. The Labute approximate surface area is 112 Å². The summed E-state index contributed by atoms with van der Waals surface area (Å²) < 4.78 is 28.7. The van der Waals surface area contributed by atoms with Crippen molar-refractivity contribution in [2.24, 2.45) is 0 Å². The second kappa shape index (κ2) is 6.32. The van der Waals surface area contributed by atoms with Crippen molar-refractivity contribution >= 4 is 10.2 Å². The van der Waals surface area contributed by atoms with Gasteiger partial charge < -0.3 is 5.32 Å². The molecule has 1 atom stereocenters. The quantitative estimate of drug-likeness (QED) is 0.790. The van der Waals surface area contributed by atoms with Crippen molar-refractivity contribution < 1.29 is 8.42 Å². The zero-order valence-electron chi connectivity index (χ0n) is 12.0. The highest BCUT2D eigenvalue weighted by Crippen LogP contribution is 2.12. The van der Waals surface area contributed by atoms with Gasteiger partial charge in [0.25, 0.3) is 10.2 Å². The maximum atomic E-state index is 12.2. The summed E-state index contributed by atoms with van der Waals surface area (Å²) >= 11 is 0. The summed E-state index contributed by atoms with van der Waals surface area (Å²) in [5, 5.41) is 3.38. The van der Waals surface area contributed by atoms with Crippen LogP contribution < -0.4 is 10.0 Å². The Kier molecular flexibility index (Phi) is 5.58. The van der Waals surface area contributed by atoms with Crippen molar-refractivity contribution in [2.45, 2.75) is 58.5 Å². The Balaban J connectivity index is 2.64. The predicted molar refractivity (Wildman–Crippen MR) is 74.7 cm³/mol. The van der Waals surface area contributed by atoms with Gasteiger partial charge in [0.05, 0.1) is 0 Å². The first-order valence-electron chi connectivity index (χ1n) is 6.77. The lowest BCUT2D eigenvalue weighted by atomic mass is 10.1. The molecule has 0 aliphatic carbocycles. The molecule has 1 heterocycles. The van der Waals surface area contributed by atoms with E-state index in [1.165, 1.54) is 17.1 Å². The summed E-state index contributed by atoms with van der Waals surface area (Å²) in [5.41, 5.74) is -0.438. The molecule has 1 aliphatic heterocycles. The van der Waals surface area contributed by atoms with Crippen molar-refractivity contribution in [1.29, 1.82) is 0 Å². The van der Waals surface area contributed by atoms with E-state index < -0.39 is 15.7 Å². The first kappa shape index (κ1) is 15.9. The van der Waals surface area contributed by atoms with Crippen LogP contribution in [0.15, 0.2) is 0 Å². The molecule has 0 radical (unpaired) electrons. The minimum Gasteiger partial charge on any atom is -0.313 e. The van der Waals surface area contributed by atoms with E-state index in [1.807, 2.05) is 27.7 Å². The van der Waals surface area contributed by atoms with Crippen LogP contribution >= 0.6 is 0 Å². The molecular formula is C12H27N3O2S. The highest BCUT2D eigenvalue weighted by atomic mass is 32.2. The van der Waals surface area contributed by atoms with E-state index in [0.29, 0.717) is 13.1 Å². The van der Waals surface area contributed by atoms with Crippen molar-refractivity contribution in [3.63, 3.8) is 0 Å². The van der Waals surface area contributed by atoms with Crippen LogP contribution in [0.3, 0.4) is 0 Å². The van der Waals surface area contributed by atoms with Gasteiger partial charge in [0.1, 0.15) is 0 Å². The maximum absolute atomic E-state index is 12.2. The Morgan fingerprint density at radius 1 is 1.33 bits per heavy atom. The van der Waals surface area contributed by atoms with Crippen molar-refractivity contribution in [1.82, 2.24) is 14.3 Å². The van der Waals surface area contributed by atoms with Crippen LogP contribution in [0.1, 0.15) is 47.0 Å². The van der Waals surface area contributed by atoms with Gasteiger partial charge in [0.15, 0.2) is 0 Å². The lowest BCUT2D eigenvalue weighted by Crippen LogP contribution is -2.52. The zero-order chi connectivity index (χ0) is 13.8. The van der Waals surface area contributed by atoms with E-state index in [2.05, 4.69) is 10.0 Å². The minimum atomic E-state index is -3.39. The molecule has 18 heavy (non-hydrogen) atoms. The minimum absolute atomic E-state index is 0.287. The number of rotatable bonds is 5. The third-order valence-corrected chi connectivity index (χ3v) is 4.92. The fraction of sp³-hybridized carbons (Fsp3) is 1.00. The summed E-state index contributed by atoms with van der Waals surface area (Å²) in [5.74, 6) is 0. The third-order valence-electron chi connectivity index (χ3n) is 2.96. The van der Waals surface area contributed by atoms with Gasteiger partial charge in [-0.15, -0.1) is 0 Å². The monoisotopic (exact) mass is 277 g/mol. The maximum Gasteiger partial charge on any atom is 0.279 e. The summed E-state index contributed by atoms with van der Waals surface area (Å²) in [6.45, 7) is 9.51. The number of hydrogen-bond donors (Lipinski definition) is 2. The second-order valence-electron chi connectivity index (χ2n) is 5.95. The molecule has 2 N–H and O–H groups in total. The lowest BCUT2D eigenvalue weighted by Gasteiger charge is -2.31. The average Bonchev–Trinajstić information content (AvgIpc) is 2.23. The summed E-state index contributed by atoms with van der Waals surface area (Å²) in [4.78, 5) is 0. The van der Waals surface area contributed by atoms with E-state index in [0.717, 1.165) is 13.0 Å². The highest BCUT2D eigenvalue weighted by molar-refractivity contribution is 7.87. The fourth-order valence-corrected chi connectivity index (χ4v) is 3.79. The predicted octanol–water partition coefficient (Wildman–Crippen LogP) is 1.08. The molecule has 0 saturated carbocycles. The normalized spacial score (nSPS) is 22.4.